The molecule has 1 aliphatic heterocycles. The summed E-state index contributed by atoms with van der Waals surface area (Å²) in [5, 5.41) is 70.1. The van der Waals surface area contributed by atoms with Crippen molar-refractivity contribution in [2.45, 2.75) is 160 Å². The number of ether oxygens (including phenoxy) is 1. The van der Waals surface area contributed by atoms with E-state index in [2.05, 4.69) is 25.7 Å². The van der Waals surface area contributed by atoms with Crippen LogP contribution in [0.25, 0.3) is 0 Å². The molecule has 0 amide bonds. The van der Waals surface area contributed by atoms with Gasteiger partial charge in [-0.05, 0) is 87.9 Å². The Labute approximate surface area is 287 Å². The summed E-state index contributed by atoms with van der Waals surface area (Å²) < 4.78 is 6.25. The highest BCUT2D eigenvalue weighted by Gasteiger charge is 2.77. The highest BCUT2D eigenvalue weighted by molar-refractivity contribution is 6.43. The van der Waals surface area contributed by atoms with Crippen molar-refractivity contribution in [2.75, 3.05) is 13.2 Å². The SMILES string of the molecule is CCCCCC[C@@H]1CO[C@@H]([C@@H](O)[C@](C)(O)[C@H]2CC[C@@]3(O)[C@H]4C(=NC[C@H](C)O)C(=O)[C@@]56CC#CC[C@@]23CC[C@@H]4[C@@]5(C)C[C@H](O)[C@H](O)C6)[C@H]1C. The summed E-state index contributed by atoms with van der Waals surface area (Å²) in [7, 11) is 0. The van der Waals surface area contributed by atoms with Crippen LogP contribution in [0.1, 0.15) is 118 Å². The molecule has 4 saturated carbocycles. The molecule has 5 fully saturated rings. The number of ketones is 1. The van der Waals surface area contributed by atoms with Crippen LogP contribution in [0.3, 0.4) is 0 Å². The van der Waals surface area contributed by atoms with Crippen molar-refractivity contribution in [3.63, 3.8) is 0 Å². The predicted octanol–water partition coefficient (Wildman–Crippen LogP) is 3.58. The third-order valence-electron chi connectivity index (χ3n) is 14.9. The van der Waals surface area contributed by atoms with E-state index in [1.54, 1.807) is 13.8 Å². The zero-order valence-electron chi connectivity index (χ0n) is 29.8. The Kier molecular flexibility index (Phi) is 9.85. The second-order valence-corrected chi connectivity index (χ2v) is 17.4. The average molecular weight is 672 g/mol. The van der Waals surface area contributed by atoms with Crippen molar-refractivity contribution in [3.05, 3.63) is 0 Å². The van der Waals surface area contributed by atoms with Crippen molar-refractivity contribution in [1.29, 1.82) is 0 Å². The molecular weight excluding hydrogens is 610 g/mol. The Hall–Kier alpha value is -1.38. The zero-order valence-corrected chi connectivity index (χ0v) is 29.8. The van der Waals surface area contributed by atoms with Gasteiger partial charge < -0.3 is 35.4 Å². The number of unbranched alkanes of at least 4 members (excludes halogenated alkanes) is 3. The molecule has 15 atom stereocenters. The summed E-state index contributed by atoms with van der Waals surface area (Å²) in [5.41, 5.74) is -5.58. The Morgan fingerprint density at radius 3 is 2.48 bits per heavy atom. The minimum Gasteiger partial charge on any atom is -0.391 e. The van der Waals surface area contributed by atoms with Crippen LogP contribution < -0.4 is 0 Å². The van der Waals surface area contributed by atoms with Gasteiger partial charge in [0, 0.05) is 24.2 Å². The molecule has 9 nitrogen and oxygen atoms in total. The molecule has 1 saturated heterocycles. The summed E-state index contributed by atoms with van der Waals surface area (Å²) in [5.74, 6) is 5.36. The maximum Gasteiger partial charge on any atom is 0.184 e. The second-order valence-electron chi connectivity index (χ2n) is 17.4. The molecule has 7 aliphatic rings. The second kappa shape index (κ2) is 13.0. The highest BCUT2D eigenvalue weighted by atomic mass is 16.5. The lowest BCUT2D eigenvalue weighted by molar-refractivity contribution is -0.235. The summed E-state index contributed by atoms with van der Waals surface area (Å²) in [4.78, 5) is 19.7. The molecule has 0 radical (unpaired) electrons. The topological polar surface area (TPSA) is 160 Å². The van der Waals surface area contributed by atoms with E-state index in [0.29, 0.717) is 44.6 Å². The Morgan fingerprint density at radius 2 is 1.77 bits per heavy atom. The zero-order chi connectivity index (χ0) is 34.9. The van der Waals surface area contributed by atoms with E-state index in [4.69, 9.17) is 9.73 Å². The fourth-order valence-electron chi connectivity index (χ4n) is 12.1. The fraction of sp³-hybridized carbons (Fsp3) is 0.897. The number of nitrogens with zero attached hydrogens (tertiary/aromatic N) is 1. The monoisotopic (exact) mass is 671 g/mol. The summed E-state index contributed by atoms with van der Waals surface area (Å²) >= 11 is 0. The number of fused-ring (bicyclic) bond motifs is 4. The number of rotatable bonds is 10. The van der Waals surface area contributed by atoms with Crippen LogP contribution in [0.2, 0.25) is 0 Å². The first-order valence-electron chi connectivity index (χ1n) is 18.9. The molecule has 2 spiro atoms. The van der Waals surface area contributed by atoms with Crippen LogP contribution in [0.15, 0.2) is 4.99 Å². The summed E-state index contributed by atoms with van der Waals surface area (Å²) in [6, 6.07) is 0. The molecule has 270 valence electrons. The number of aliphatic hydroxyl groups is 6. The molecular formula is C39H61NO8. The number of hydrogen-bond donors (Lipinski definition) is 6. The molecule has 48 heavy (non-hydrogen) atoms. The normalized spacial score (nSPS) is 48.4. The maximum absolute atomic E-state index is 14.9. The van der Waals surface area contributed by atoms with E-state index in [1.807, 2.05) is 6.92 Å². The number of Topliss-reactive ketones (excluding diaryl/α,β-unsaturated/α-hetero) is 1. The minimum absolute atomic E-state index is 0.00734. The van der Waals surface area contributed by atoms with Gasteiger partial charge >= 0.3 is 0 Å². The van der Waals surface area contributed by atoms with Crippen LogP contribution in [0, 0.1) is 57.7 Å². The van der Waals surface area contributed by atoms with Crippen LogP contribution in [0.5, 0.6) is 0 Å². The number of carbonyl (C=O) groups is 1. The van der Waals surface area contributed by atoms with E-state index < -0.39 is 69.8 Å². The van der Waals surface area contributed by atoms with Crippen molar-refractivity contribution >= 4 is 11.5 Å². The molecule has 4 bridgehead atoms. The first kappa shape index (κ1) is 36.4. The Balaban J connectivity index is 1.40. The average Bonchev–Trinajstić information content (AvgIpc) is 3.55. The van der Waals surface area contributed by atoms with Crippen LogP contribution >= 0.6 is 0 Å². The third kappa shape index (κ3) is 5.21. The van der Waals surface area contributed by atoms with Crippen LogP contribution in [-0.2, 0) is 9.53 Å². The molecule has 6 aliphatic carbocycles. The fourth-order valence-corrected chi connectivity index (χ4v) is 12.1. The van der Waals surface area contributed by atoms with Crippen molar-refractivity contribution in [2.24, 2.45) is 50.8 Å². The smallest absolute Gasteiger partial charge is 0.184 e. The molecule has 9 heteroatoms. The van der Waals surface area contributed by atoms with Crippen molar-refractivity contribution < 1.29 is 40.2 Å². The van der Waals surface area contributed by atoms with Crippen molar-refractivity contribution in [3.8, 4) is 11.8 Å². The van der Waals surface area contributed by atoms with Gasteiger partial charge in [-0.25, -0.2) is 0 Å². The molecule has 7 rings (SSSR count). The molecule has 0 unspecified atom stereocenters. The summed E-state index contributed by atoms with van der Waals surface area (Å²) in [6.45, 7) is 10.2. The molecule has 1 heterocycles. The minimum atomic E-state index is -1.60. The Morgan fingerprint density at radius 1 is 1.06 bits per heavy atom. The number of aliphatic imine (C=N–C) groups is 1. The number of carbonyl (C=O) groups excluding carboxylic acids is 1. The largest absolute Gasteiger partial charge is 0.391 e. The molecule has 0 aromatic carbocycles. The maximum atomic E-state index is 14.9. The van der Waals surface area contributed by atoms with Gasteiger partial charge in [0.2, 0.25) is 0 Å². The third-order valence-corrected chi connectivity index (χ3v) is 14.9. The van der Waals surface area contributed by atoms with Gasteiger partial charge in [0.15, 0.2) is 5.78 Å². The van der Waals surface area contributed by atoms with Crippen LogP contribution in [0.4, 0.5) is 0 Å². The van der Waals surface area contributed by atoms with E-state index in [9.17, 15) is 35.4 Å². The Bertz CT molecular complexity index is 1320. The van der Waals surface area contributed by atoms with E-state index in [0.717, 1.165) is 12.8 Å². The van der Waals surface area contributed by atoms with E-state index in [-0.39, 0.29) is 49.1 Å². The standard InChI is InChI=1S/C39H61NO8/c1-6-7-8-9-12-25-22-48-32(24(25)3)34(45)36(5,46)29-14-18-39(47)30-26-13-17-37(29,39)15-10-11-16-38(33(44)31(30)40-21-23(2)41)20-28(43)27(42)19-35(26,38)4/h23-30,32,34,41-43,45-47H,6-9,12-22H2,1-5H3/t23-,24-,25+,26-,27-,28+,29+,30+,32+,34+,35+,36+,37+,38-,39+/m0/s1. The van der Waals surface area contributed by atoms with Gasteiger partial charge in [-0.3, -0.25) is 9.79 Å². The first-order valence-corrected chi connectivity index (χ1v) is 18.9. The van der Waals surface area contributed by atoms with E-state index >= 15 is 0 Å². The van der Waals surface area contributed by atoms with Gasteiger partial charge in [0.25, 0.3) is 0 Å². The predicted molar refractivity (Wildman–Crippen MR) is 182 cm³/mol. The van der Waals surface area contributed by atoms with Gasteiger partial charge in [-0.2, -0.15) is 0 Å². The van der Waals surface area contributed by atoms with Gasteiger partial charge in [0.05, 0.1) is 59.9 Å². The highest BCUT2D eigenvalue weighted by Crippen LogP contribution is 2.73. The lowest BCUT2D eigenvalue weighted by Crippen LogP contribution is -2.73. The van der Waals surface area contributed by atoms with Gasteiger partial charge in [-0.15, -0.1) is 11.8 Å². The number of hydrogen-bond acceptors (Lipinski definition) is 9. The molecule has 0 aromatic rings. The molecule has 0 aromatic heterocycles. The molecule has 6 N–H and O–H groups in total. The van der Waals surface area contributed by atoms with E-state index in [1.165, 1.54) is 19.3 Å². The number of aliphatic hydroxyl groups excluding tert-OH is 4. The van der Waals surface area contributed by atoms with Crippen LogP contribution in [-0.4, -0.2) is 97.0 Å². The van der Waals surface area contributed by atoms with Crippen molar-refractivity contribution in [1.82, 2.24) is 0 Å². The quantitative estimate of drug-likeness (QED) is 0.152. The summed E-state index contributed by atoms with van der Waals surface area (Å²) in [6.07, 6.45) is 3.85. The lowest BCUT2D eigenvalue weighted by atomic mass is 9.36. The van der Waals surface area contributed by atoms with Gasteiger partial charge in [0.1, 0.15) is 6.10 Å². The first-order chi connectivity index (χ1) is 22.6. The van der Waals surface area contributed by atoms with Gasteiger partial charge in [-0.1, -0.05) is 46.5 Å². The lowest BCUT2D eigenvalue weighted by Gasteiger charge is -2.68.